The molecule has 1 aliphatic carbocycles. The van der Waals surface area contributed by atoms with E-state index in [4.69, 9.17) is 11.6 Å². The Morgan fingerprint density at radius 3 is 2.65 bits per heavy atom. The molecule has 0 radical (unpaired) electrons. The Balaban J connectivity index is 1.52. The molecule has 0 amide bonds. The van der Waals surface area contributed by atoms with Gasteiger partial charge in [-0.3, -0.25) is 4.90 Å². The van der Waals surface area contributed by atoms with E-state index < -0.39 is 0 Å². The first-order valence-electron chi connectivity index (χ1n) is 8.33. The van der Waals surface area contributed by atoms with Crippen molar-refractivity contribution in [2.45, 2.75) is 31.8 Å². The second-order valence-electron chi connectivity index (χ2n) is 6.79. The fourth-order valence-electron chi connectivity index (χ4n) is 3.68. The number of rotatable bonds is 3. The number of pyridine rings is 1. The van der Waals surface area contributed by atoms with E-state index in [2.05, 4.69) is 52.0 Å². The molecule has 1 aliphatic heterocycles. The van der Waals surface area contributed by atoms with Gasteiger partial charge in [-0.05, 0) is 31.4 Å². The van der Waals surface area contributed by atoms with Crippen molar-refractivity contribution in [3.63, 3.8) is 0 Å². The minimum Gasteiger partial charge on any atom is -0.353 e. The summed E-state index contributed by atoms with van der Waals surface area (Å²) in [5, 5.41) is 0.812. The van der Waals surface area contributed by atoms with Gasteiger partial charge in [-0.2, -0.15) is 0 Å². The Labute approximate surface area is 142 Å². The number of hydrogen-bond acceptors (Lipinski definition) is 3. The molecule has 2 heterocycles. The zero-order valence-electron chi connectivity index (χ0n) is 13.5. The van der Waals surface area contributed by atoms with E-state index in [0.29, 0.717) is 5.54 Å². The van der Waals surface area contributed by atoms with Crippen LogP contribution in [0.25, 0.3) is 0 Å². The average Bonchev–Trinajstić information content (AvgIpc) is 3.33. The molecule has 1 aromatic heterocycles. The van der Waals surface area contributed by atoms with Crippen LogP contribution < -0.4 is 4.90 Å². The van der Waals surface area contributed by atoms with Gasteiger partial charge < -0.3 is 4.90 Å². The van der Waals surface area contributed by atoms with Crippen molar-refractivity contribution in [3.05, 3.63) is 58.7 Å². The topological polar surface area (TPSA) is 19.4 Å². The molecule has 4 rings (SSSR count). The molecule has 23 heavy (non-hydrogen) atoms. The van der Waals surface area contributed by atoms with Gasteiger partial charge in [0.15, 0.2) is 0 Å². The van der Waals surface area contributed by atoms with E-state index in [1.54, 1.807) is 0 Å². The standard InChI is InChI=1S/C19H22ClN3/c1-15-17(20)7-10-21-18(15)22-11-12-23(19(14-22)8-9-19)13-16-5-3-2-4-6-16/h2-7,10H,8-9,11-14H2,1H3. The molecule has 1 saturated carbocycles. The molecule has 1 spiro atoms. The molecule has 2 aromatic rings. The zero-order valence-corrected chi connectivity index (χ0v) is 14.3. The van der Waals surface area contributed by atoms with Gasteiger partial charge in [-0.25, -0.2) is 4.98 Å². The Kier molecular flexibility index (Phi) is 3.78. The number of anilines is 1. The number of nitrogens with zero attached hydrogens (tertiary/aromatic N) is 3. The van der Waals surface area contributed by atoms with Crippen molar-refractivity contribution in [1.29, 1.82) is 0 Å². The summed E-state index contributed by atoms with van der Waals surface area (Å²) < 4.78 is 0. The zero-order chi connectivity index (χ0) is 15.9. The van der Waals surface area contributed by atoms with Gasteiger partial charge in [-0.15, -0.1) is 0 Å². The highest BCUT2D eigenvalue weighted by molar-refractivity contribution is 6.31. The largest absolute Gasteiger partial charge is 0.353 e. The molecule has 0 N–H and O–H groups in total. The lowest BCUT2D eigenvalue weighted by Gasteiger charge is -2.43. The lowest BCUT2D eigenvalue weighted by molar-refractivity contribution is 0.148. The second kappa shape index (κ2) is 5.81. The van der Waals surface area contributed by atoms with Crippen molar-refractivity contribution in [2.24, 2.45) is 0 Å². The summed E-state index contributed by atoms with van der Waals surface area (Å²) >= 11 is 6.28. The highest BCUT2D eigenvalue weighted by atomic mass is 35.5. The SMILES string of the molecule is Cc1c(Cl)ccnc1N1CCN(Cc2ccccc2)C2(CC2)C1. The molecular formula is C19H22ClN3. The molecule has 2 fully saturated rings. The van der Waals surface area contributed by atoms with E-state index in [0.717, 1.165) is 42.6 Å². The summed E-state index contributed by atoms with van der Waals surface area (Å²) in [5.41, 5.74) is 2.84. The van der Waals surface area contributed by atoms with E-state index in [1.165, 1.54) is 18.4 Å². The Morgan fingerprint density at radius 2 is 1.91 bits per heavy atom. The average molecular weight is 328 g/mol. The lowest BCUT2D eigenvalue weighted by Crippen LogP contribution is -2.55. The van der Waals surface area contributed by atoms with Crippen molar-refractivity contribution in [1.82, 2.24) is 9.88 Å². The van der Waals surface area contributed by atoms with Gasteiger partial charge in [0.1, 0.15) is 5.82 Å². The fraction of sp³-hybridized carbons (Fsp3) is 0.421. The molecule has 4 heteroatoms. The van der Waals surface area contributed by atoms with E-state index in [9.17, 15) is 0 Å². The first kappa shape index (κ1) is 15.0. The molecule has 0 bridgehead atoms. The van der Waals surface area contributed by atoms with Gasteiger partial charge in [0.25, 0.3) is 0 Å². The van der Waals surface area contributed by atoms with Gasteiger partial charge in [0, 0.05) is 48.5 Å². The Bertz CT molecular complexity index is 697. The van der Waals surface area contributed by atoms with Crippen LogP contribution >= 0.6 is 11.6 Å². The molecule has 1 aromatic carbocycles. The maximum Gasteiger partial charge on any atom is 0.133 e. The van der Waals surface area contributed by atoms with Crippen molar-refractivity contribution in [3.8, 4) is 0 Å². The maximum atomic E-state index is 6.28. The third-order valence-electron chi connectivity index (χ3n) is 5.25. The van der Waals surface area contributed by atoms with Gasteiger partial charge in [0.05, 0.1) is 0 Å². The number of halogens is 1. The van der Waals surface area contributed by atoms with Crippen molar-refractivity contribution < 1.29 is 0 Å². The summed E-state index contributed by atoms with van der Waals surface area (Å²) in [4.78, 5) is 9.68. The lowest BCUT2D eigenvalue weighted by atomic mass is 10.1. The van der Waals surface area contributed by atoms with Gasteiger partial charge in [-0.1, -0.05) is 41.9 Å². The first-order valence-corrected chi connectivity index (χ1v) is 8.71. The summed E-state index contributed by atoms with van der Waals surface area (Å²) in [6.07, 6.45) is 4.40. The Hall–Kier alpha value is -1.58. The second-order valence-corrected chi connectivity index (χ2v) is 7.20. The van der Waals surface area contributed by atoms with Crippen LogP contribution in [0.3, 0.4) is 0 Å². The first-order chi connectivity index (χ1) is 11.2. The number of piperazine rings is 1. The molecule has 3 nitrogen and oxygen atoms in total. The Morgan fingerprint density at radius 1 is 1.13 bits per heavy atom. The van der Waals surface area contributed by atoms with E-state index >= 15 is 0 Å². The third kappa shape index (κ3) is 2.84. The predicted octanol–water partition coefficient (Wildman–Crippen LogP) is 3.90. The van der Waals surface area contributed by atoms with Crippen LogP contribution in [0, 0.1) is 6.92 Å². The van der Waals surface area contributed by atoms with E-state index in [-0.39, 0.29) is 0 Å². The monoisotopic (exact) mass is 327 g/mol. The van der Waals surface area contributed by atoms with Crippen molar-refractivity contribution in [2.75, 3.05) is 24.5 Å². The van der Waals surface area contributed by atoms with Crippen molar-refractivity contribution >= 4 is 17.4 Å². The molecular weight excluding hydrogens is 306 g/mol. The predicted molar refractivity (Wildman–Crippen MR) is 95.0 cm³/mol. The molecule has 0 unspecified atom stereocenters. The summed E-state index contributed by atoms with van der Waals surface area (Å²) in [6, 6.07) is 12.7. The molecule has 120 valence electrons. The molecule has 2 aliphatic rings. The van der Waals surface area contributed by atoms with Crippen LogP contribution in [0.4, 0.5) is 5.82 Å². The van der Waals surface area contributed by atoms with Crippen LogP contribution in [-0.4, -0.2) is 35.1 Å². The van der Waals surface area contributed by atoms with Crippen LogP contribution in [-0.2, 0) is 6.54 Å². The number of hydrogen-bond donors (Lipinski definition) is 0. The minimum absolute atomic E-state index is 0.338. The molecule has 0 atom stereocenters. The minimum atomic E-state index is 0.338. The van der Waals surface area contributed by atoms with Crippen LogP contribution in [0.5, 0.6) is 0 Å². The maximum absolute atomic E-state index is 6.28. The highest BCUT2D eigenvalue weighted by Crippen LogP contribution is 2.46. The molecule has 1 saturated heterocycles. The third-order valence-corrected chi connectivity index (χ3v) is 5.66. The highest BCUT2D eigenvalue weighted by Gasteiger charge is 2.51. The number of aromatic nitrogens is 1. The smallest absolute Gasteiger partial charge is 0.133 e. The summed E-state index contributed by atoms with van der Waals surface area (Å²) in [6.45, 7) is 6.29. The fourth-order valence-corrected chi connectivity index (χ4v) is 3.82. The van der Waals surface area contributed by atoms with Crippen LogP contribution in [0.1, 0.15) is 24.0 Å². The summed E-state index contributed by atoms with van der Waals surface area (Å²) in [5.74, 6) is 1.06. The van der Waals surface area contributed by atoms with Gasteiger partial charge >= 0.3 is 0 Å². The quantitative estimate of drug-likeness (QED) is 0.852. The van der Waals surface area contributed by atoms with Gasteiger partial charge in [0.2, 0.25) is 0 Å². The van der Waals surface area contributed by atoms with Crippen LogP contribution in [0.2, 0.25) is 5.02 Å². The van der Waals surface area contributed by atoms with E-state index in [1.807, 2.05) is 12.3 Å². The normalized spacial score (nSPS) is 20.0. The number of benzene rings is 1. The van der Waals surface area contributed by atoms with Crippen LogP contribution in [0.15, 0.2) is 42.6 Å². The summed E-state index contributed by atoms with van der Waals surface area (Å²) in [7, 11) is 0.